The van der Waals surface area contributed by atoms with Crippen molar-refractivity contribution in [1.82, 2.24) is 0 Å². The molecule has 0 saturated heterocycles. The maximum Gasteiger partial charge on any atom is 0.122 e. The van der Waals surface area contributed by atoms with Gasteiger partial charge in [-0.3, -0.25) is 0 Å². The summed E-state index contributed by atoms with van der Waals surface area (Å²) in [4.78, 5) is 0. The topological polar surface area (TPSA) is 40.5 Å². The Hall–Kier alpha value is -1.70. The Morgan fingerprint density at radius 2 is 2.21 bits per heavy atom. The van der Waals surface area contributed by atoms with Crippen LogP contribution in [0.1, 0.15) is 24.5 Å². The van der Waals surface area contributed by atoms with Gasteiger partial charge in [-0.1, -0.05) is 25.7 Å². The highest BCUT2D eigenvalue weighted by Crippen LogP contribution is 2.22. The number of hydrogen-bond donors (Lipinski definition) is 2. The predicted molar refractivity (Wildman–Crippen MR) is 59.1 cm³/mol. The second-order valence-corrected chi connectivity index (χ2v) is 3.03. The van der Waals surface area contributed by atoms with Crippen molar-refractivity contribution in [2.75, 3.05) is 0 Å². The van der Waals surface area contributed by atoms with E-state index in [0.29, 0.717) is 11.1 Å². The van der Waals surface area contributed by atoms with Crippen molar-refractivity contribution in [2.45, 2.75) is 13.3 Å². The average molecular weight is 190 g/mol. The summed E-state index contributed by atoms with van der Waals surface area (Å²) in [5, 5.41) is 18.6. The van der Waals surface area contributed by atoms with E-state index >= 15 is 0 Å². The van der Waals surface area contributed by atoms with Crippen LogP contribution in [0.4, 0.5) is 0 Å². The van der Waals surface area contributed by atoms with Gasteiger partial charge >= 0.3 is 0 Å². The third-order valence-electron chi connectivity index (χ3n) is 1.89. The number of benzene rings is 1. The lowest BCUT2D eigenvalue weighted by atomic mass is 10.1. The van der Waals surface area contributed by atoms with Crippen LogP contribution in [0, 0.1) is 0 Å². The highest BCUT2D eigenvalue weighted by molar-refractivity contribution is 5.65. The molecule has 0 spiro atoms. The van der Waals surface area contributed by atoms with Gasteiger partial charge in [0.15, 0.2) is 0 Å². The number of allylic oxidation sites excluding steroid dienone is 1. The third-order valence-corrected chi connectivity index (χ3v) is 1.89. The lowest BCUT2D eigenvalue weighted by Gasteiger charge is -2.02. The van der Waals surface area contributed by atoms with Gasteiger partial charge in [-0.05, 0) is 24.6 Å². The number of rotatable bonds is 3. The molecular formula is C12H14O2. The molecule has 0 bridgehead atoms. The van der Waals surface area contributed by atoms with Crippen LogP contribution in [0.2, 0.25) is 0 Å². The fraction of sp³-hybridized carbons (Fsp3) is 0.167. The molecule has 0 unspecified atom stereocenters. The van der Waals surface area contributed by atoms with Crippen LogP contribution in [0.5, 0.6) is 5.75 Å². The molecule has 0 amide bonds. The van der Waals surface area contributed by atoms with Crippen LogP contribution < -0.4 is 0 Å². The molecule has 0 fully saturated rings. The summed E-state index contributed by atoms with van der Waals surface area (Å²) >= 11 is 0. The maximum atomic E-state index is 9.48. The van der Waals surface area contributed by atoms with E-state index in [4.69, 9.17) is 5.11 Å². The minimum Gasteiger partial charge on any atom is -0.508 e. The second-order valence-electron chi connectivity index (χ2n) is 3.03. The van der Waals surface area contributed by atoms with E-state index in [0.717, 1.165) is 6.42 Å². The van der Waals surface area contributed by atoms with E-state index in [1.165, 1.54) is 0 Å². The number of aliphatic hydroxyl groups is 1. The zero-order chi connectivity index (χ0) is 10.6. The van der Waals surface area contributed by atoms with Crippen molar-refractivity contribution in [1.29, 1.82) is 0 Å². The summed E-state index contributed by atoms with van der Waals surface area (Å²) in [5.74, 6) is 0.218. The molecular weight excluding hydrogens is 176 g/mol. The Morgan fingerprint density at radius 1 is 1.50 bits per heavy atom. The van der Waals surface area contributed by atoms with Crippen molar-refractivity contribution in [3.8, 4) is 5.75 Å². The number of phenolic OH excluding ortho intramolecular Hbond substituents is 1. The van der Waals surface area contributed by atoms with E-state index < -0.39 is 0 Å². The molecule has 0 saturated carbocycles. The van der Waals surface area contributed by atoms with Crippen molar-refractivity contribution in [3.05, 3.63) is 42.0 Å². The lowest BCUT2D eigenvalue weighted by Crippen LogP contribution is -1.83. The third kappa shape index (κ3) is 2.39. The summed E-state index contributed by atoms with van der Waals surface area (Å²) < 4.78 is 0. The van der Waals surface area contributed by atoms with Gasteiger partial charge in [-0.15, -0.1) is 0 Å². The SMILES string of the molecule is C=C(O)c1ccc(O)c(/C=C/CC)c1. The molecule has 1 aromatic carbocycles. The van der Waals surface area contributed by atoms with Gasteiger partial charge in [0, 0.05) is 11.1 Å². The Labute approximate surface area is 83.8 Å². The zero-order valence-electron chi connectivity index (χ0n) is 8.20. The maximum absolute atomic E-state index is 9.48. The second kappa shape index (κ2) is 4.51. The molecule has 0 aliphatic rings. The summed E-state index contributed by atoms with van der Waals surface area (Å²) in [6, 6.07) is 4.87. The zero-order valence-corrected chi connectivity index (χ0v) is 8.20. The summed E-state index contributed by atoms with van der Waals surface area (Å²) in [5.41, 5.74) is 1.32. The normalized spacial score (nSPS) is 10.6. The molecule has 0 aliphatic carbocycles. The van der Waals surface area contributed by atoms with Gasteiger partial charge in [0.1, 0.15) is 11.5 Å². The molecule has 14 heavy (non-hydrogen) atoms. The van der Waals surface area contributed by atoms with Gasteiger partial charge in [0.2, 0.25) is 0 Å². The van der Waals surface area contributed by atoms with Crippen molar-refractivity contribution in [3.63, 3.8) is 0 Å². The largest absolute Gasteiger partial charge is 0.508 e. The predicted octanol–water partition coefficient (Wildman–Crippen LogP) is 3.34. The van der Waals surface area contributed by atoms with E-state index in [1.54, 1.807) is 18.2 Å². The number of aromatic hydroxyl groups is 1. The van der Waals surface area contributed by atoms with Crippen molar-refractivity contribution >= 4 is 11.8 Å². The molecule has 2 nitrogen and oxygen atoms in total. The average Bonchev–Trinajstić information content (AvgIpc) is 2.16. The van der Waals surface area contributed by atoms with E-state index in [9.17, 15) is 5.11 Å². The molecule has 0 heterocycles. The molecule has 1 aromatic rings. The first-order chi connectivity index (χ1) is 6.65. The fourth-order valence-corrected chi connectivity index (χ4v) is 1.11. The number of hydrogen-bond acceptors (Lipinski definition) is 2. The summed E-state index contributed by atoms with van der Waals surface area (Å²) in [7, 11) is 0. The van der Waals surface area contributed by atoms with Crippen molar-refractivity contribution in [2.24, 2.45) is 0 Å². The quantitative estimate of drug-likeness (QED) is 0.717. The molecule has 0 aromatic heterocycles. The lowest BCUT2D eigenvalue weighted by molar-refractivity contribution is 0.473. The Bertz CT molecular complexity index is 365. The van der Waals surface area contributed by atoms with Gasteiger partial charge in [0.05, 0.1) is 0 Å². The van der Waals surface area contributed by atoms with Crippen LogP contribution in [0.3, 0.4) is 0 Å². The first kappa shape index (κ1) is 10.4. The molecule has 2 N–H and O–H groups in total. The standard InChI is InChI=1S/C12H14O2/c1-3-4-5-11-8-10(9(2)13)6-7-12(11)14/h4-8,13-14H,2-3H2,1H3/b5-4+. The Balaban J connectivity index is 3.08. The fourth-order valence-electron chi connectivity index (χ4n) is 1.11. The first-order valence-electron chi connectivity index (χ1n) is 4.53. The highest BCUT2D eigenvalue weighted by Gasteiger charge is 2.01. The van der Waals surface area contributed by atoms with Crippen LogP contribution >= 0.6 is 0 Å². The van der Waals surface area contributed by atoms with Gasteiger partial charge in [0.25, 0.3) is 0 Å². The smallest absolute Gasteiger partial charge is 0.122 e. The van der Waals surface area contributed by atoms with Gasteiger partial charge in [-0.2, -0.15) is 0 Å². The van der Waals surface area contributed by atoms with E-state index in [-0.39, 0.29) is 11.5 Å². The monoisotopic (exact) mass is 190 g/mol. The van der Waals surface area contributed by atoms with E-state index in [2.05, 4.69) is 6.58 Å². The van der Waals surface area contributed by atoms with Gasteiger partial charge in [-0.25, -0.2) is 0 Å². The summed E-state index contributed by atoms with van der Waals surface area (Å²) in [6.07, 6.45) is 4.67. The molecule has 2 heteroatoms. The first-order valence-corrected chi connectivity index (χ1v) is 4.53. The molecule has 0 aliphatic heterocycles. The number of aliphatic hydroxyl groups excluding tert-OH is 1. The Morgan fingerprint density at radius 3 is 2.79 bits per heavy atom. The van der Waals surface area contributed by atoms with Crippen LogP contribution in [0.25, 0.3) is 11.8 Å². The number of phenols is 1. The van der Waals surface area contributed by atoms with Crippen LogP contribution in [-0.4, -0.2) is 10.2 Å². The minimum absolute atomic E-state index is 0.0103. The van der Waals surface area contributed by atoms with Gasteiger partial charge < -0.3 is 10.2 Å². The molecule has 0 atom stereocenters. The Kier molecular flexibility index (Phi) is 3.35. The van der Waals surface area contributed by atoms with Crippen molar-refractivity contribution < 1.29 is 10.2 Å². The summed E-state index contributed by atoms with van der Waals surface area (Å²) in [6.45, 7) is 5.44. The van der Waals surface area contributed by atoms with Crippen LogP contribution in [0.15, 0.2) is 30.9 Å². The molecule has 1 rings (SSSR count). The molecule has 0 radical (unpaired) electrons. The minimum atomic E-state index is 0.0103. The highest BCUT2D eigenvalue weighted by atomic mass is 16.3. The molecule has 74 valence electrons. The van der Waals surface area contributed by atoms with Crippen LogP contribution in [-0.2, 0) is 0 Å². The van der Waals surface area contributed by atoms with E-state index in [1.807, 2.05) is 19.1 Å².